The van der Waals surface area contributed by atoms with Gasteiger partial charge in [0.1, 0.15) is 0 Å². The van der Waals surface area contributed by atoms with Crippen LogP contribution in [0.15, 0.2) is 18.2 Å². The van der Waals surface area contributed by atoms with E-state index in [1.807, 2.05) is 32.4 Å². The van der Waals surface area contributed by atoms with Gasteiger partial charge in [0.25, 0.3) is 0 Å². The van der Waals surface area contributed by atoms with Crippen molar-refractivity contribution in [1.29, 1.82) is 0 Å². The number of aryl methyl sites for hydroxylation is 3. The van der Waals surface area contributed by atoms with Crippen LogP contribution in [-0.4, -0.2) is 20.9 Å². The normalized spacial score (nSPS) is 10.7. The highest BCUT2D eigenvalue weighted by atomic mass is 16.4. The van der Waals surface area contributed by atoms with Gasteiger partial charge in [-0.1, -0.05) is 12.1 Å². The van der Waals surface area contributed by atoms with Gasteiger partial charge >= 0.3 is 5.97 Å². The van der Waals surface area contributed by atoms with Gasteiger partial charge in [-0.05, 0) is 44.9 Å². The van der Waals surface area contributed by atoms with E-state index < -0.39 is 5.97 Å². The number of hydrogen-bond donors (Lipinski definition) is 1. The molecular weight excluding hydrogens is 240 g/mol. The Balaban J connectivity index is 2.57. The second-order valence-electron chi connectivity index (χ2n) is 4.92. The number of aromatic nitrogens is 2. The monoisotopic (exact) mass is 258 g/mol. The Hall–Kier alpha value is -2.10. The maximum Gasteiger partial charge on any atom is 0.307 e. The van der Waals surface area contributed by atoms with E-state index in [9.17, 15) is 4.79 Å². The number of carboxylic acids is 1. The van der Waals surface area contributed by atoms with Crippen LogP contribution < -0.4 is 0 Å². The van der Waals surface area contributed by atoms with Crippen LogP contribution in [0.2, 0.25) is 0 Å². The van der Waals surface area contributed by atoms with Crippen LogP contribution in [0.5, 0.6) is 0 Å². The average Bonchev–Trinajstić information content (AvgIpc) is 2.60. The minimum Gasteiger partial charge on any atom is -0.481 e. The van der Waals surface area contributed by atoms with E-state index in [0.29, 0.717) is 0 Å². The van der Waals surface area contributed by atoms with Crippen molar-refractivity contribution in [1.82, 2.24) is 9.78 Å². The molecule has 0 radical (unpaired) electrons. The molecule has 0 atom stereocenters. The largest absolute Gasteiger partial charge is 0.481 e. The summed E-state index contributed by atoms with van der Waals surface area (Å²) in [6.45, 7) is 7.84. The van der Waals surface area contributed by atoms with Crippen molar-refractivity contribution in [3.05, 3.63) is 46.3 Å². The zero-order chi connectivity index (χ0) is 14.2. The zero-order valence-corrected chi connectivity index (χ0v) is 11.7. The summed E-state index contributed by atoms with van der Waals surface area (Å²) in [5.74, 6) is -0.827. The number of nitrogens with zero attached hydrogens (tertiary/aromatic N) is 2. The lowest BCUT2D eigenvalue weighted by molar-refractivity contribution is -0.136. The van der Waals surface area contributed by atoms with Crippen LogP contribution in [0.4, 0.5) is 0 Å². The average molecular weight is 258 g/mol. The molecule has 2 aromatic rings. The molecular formula is C15H18N2O2. The third-order valence-corrected chi connectivity index (χ3v) is 3.36. The molecule has 0 fully saturated rings. The molecule has 0 bridgehead atoms. The van der Waals surface area contributed by atoms with Crippen molar-refractivity contribution >= 4 is 5.97 Å². The van der Waals surface area contributed by atoms with Crippen LogP contribution in [-0.2, 0) is 11.2 Å². The minimum absolute atomic E-state index is 0.0164. The molecule has 0 saturated heterocycles. The summed E-state index contributed by atoms with van der Waals surface area (Å²) in [4.78, 5) is 10.9. The molecule has 1 aromatic heterocycles. The minimum atomic E-state index is -0.827. The molecule has 1 N–H and O–H groups in total. The van der Waals surface area contributed by atoms with Gasteiger partial charge in [-0.25, -0.2) is 4.68 Å². The third-order valence-electron chi connectivity index (χ3n) is 3.36. The topological polar surface area (TPSA) is 55.1 Å². The fourth-order valence-corrected chi connectivity index (χ4v) is 2.26. The molecule has 2 rings (SSSR count). The number of carbonyl (C=O) groups is 1. The van der Waals surface area contributed by atoms with Crippen LogP contribution in [0.1, 0.15) is 28.1 Å². The summed E-state index contributed by atoms with van der Waals surface area (Å²) in [6.07, 6.45) is 0.0164. The Morgan fingerprint density at radius 3 is 2.58 bits per heavy atom. The SMILES string of the molecule is Cc1ccc(C)c(-n2nc(C)c(CC(=O)O)c2C)c1. The summed E-state index contributed by atoms with van der Waals surface area (Å²) >= 11 is 0. The van der Waals surface area contributed by atoms with E-state index >= 15 is 0 Å². The van der Waals surface area contributed by atoms with Crippen LogP contribution >= 0.6 is 0 Å². The molecule has 0 saturated carbocycles. The lowest BCUT2D eigenvalue weighted by Gasteiger charge is -2.09. The van der Waals surface area contributed by atoms with E-state index in [2.05, 4.69) is 23.3 Å². The van der Waals surface area contributed by atoms with E-state index in [1.165, 1.54) is 0 Å². The first-order valence-corrected chi connectivity index (χ1v) is 6.24. The molecule has 0 amide bonds. The van der Waals surface area contributed by atoms with Crippen molar-refractivity contribution in [3.63, 3.8) is 0 Å². The van der Waals surface area contributed by atoms with E-state index in [4.69, 9.17) is 5.11 Å². The number of benzene rings is 1. The molecule has 0 aliphatic carbocycles. The highest BCUT2D eigenvalue weighted by molar-refractivity contribution is 5.71. The molecule has 0 unspecified atom stereocenters. The molecule has 19 heavy (non-hydrogen) atoms. The predicted octanol–water partition coefficient (Wildman–Crippen LogP) is 2.73. The van der Waals surface area contributed by atoms with Gasteiger partial charge in [-0.15, -0.1) is 0 Å². The smallest absolute Gasteiger partial charge is 0.307 e. The molecule has 0 aliphatic rings. The first kappa shape index (κ1) is 13.3. The molecule has 4 heteroatoms. The van der Waals surface area contributed by atoms with Crippen LogP contribution in [0.25, 0.3) is 5.69 Å². The standard InChI is InChI=1S/C15H18N2O2/c1-9-5-6-10(2)14(7-9)17-12(4)13(8-15(18)19)11(3)16-17/h5-7H,8H2,1-4H3,(H,18,19). The molecule has 0 aliphatic heterocycles. The lowest BCUT2D eigenvalue weighted by Crippen LogP contribution is -2.04. The number of hydrogen-bond acceptors (Lipinski definition) is 2. The fourth-order valence-electron chi connectivity index (χ4n) is 2.26. The van der Waals surface area contributed by atoms with Crippen LogP contribution in [0, 0.1) is 27.7 Å². The highest BCUT2D eigenvalue weighted by Gasteiger charge is 2.16. The summed E-state index contributed by atoms with van der Waals surface area (Å²) < 4.78 is 1.84. The predicted molar refractivity (Wildman–Crippen MR) is 73.9 cm³/mol. The first-order valence-electron chi connectivity index (χ1n) is 6.24. The van der Waals surface area contributed by atoms with Crippen molar-refractivity contribution in [3.8, 4) is 5.69 Å². The van der Waals surface area contributed by atoms with Crippen molar-refractivity contribution in [2.75, 3.05) is 0 Å². The second kappa shape index (κ2) is 4.88. The van der Waals surface area contributed by atoms with Crippen molar-refractivity contribution in [2.45, 2.75) is 34.1 Å². The Morgan fingerprint density at radius 1 is 1.26 bits per heavy atom. The van der Waals surface area contributed by atoms with Crippen LogP contribution in [0.3, 0.4) is 0 Å². The third kappa shape index (κ3) is 2.52. The van der Waals surface area contributed by atoms with Gasteiger partial charge in [-0.3, -0.25) is 4.79 Å². The summed E-state index contributed by atoms with van der Waals surface area (Å²) in [5.41, 5.74) is 5.77. The molecule has 100 valence electrons. The Labute approximate surface area is 112 Å². The van der Waals surface area contributed by atoms with E-state index in [-0.39, 0.29) is 6.42 Å². The fraction of sp³-hybridized carbons (Fsp3) is 0.333. The van der Waals surface area contributed by atoms with E-state index in [1.54, 1.807) is 0 Å². The van der Waals surface area contributed by atoms with E-state index in [0.717, 1.165) is 33.8 Å². The number of carboxylic acid groups (broad SMARTS) is 1. The summed E-state index contributed by atoms with van der Waals surface area (Å²) in [6, 6.07) is 6.18. The Morgan fingerprint density at radius 2 is 1.95 bits per heavy atom. The molecule has 4 nitrogen and oxygen atoms in total. The maximum atomic E-state index is 10.9. The summed E-state index contributed by atoms with van der Waals surface area (Å²) in [7, 11) is 0. The second-order valence-corrected chi connectivity index (χ2v) is 4.92. The lowest BCUT2D eigenvalue weighted by atomic mass is 10.1. The molecule has 1 heterocycles. The van der Waals surface area contributed by atoms with Crippen molar-refractivity contribution < 1.29 is 9.90 Å². The number of aliphatic carboxylic acids is 1. The quantitative estimate of drug-likeness (QED) is 0.921. The Bertz CT molecular complexity index is 642. The zero-order valence-electron chi connectivity index (χ0n) is 11.7. The van der Waals surface area contributed by atoms with Gasteiger partial charge in [0.05, 0.1) is 17.8 Å². The molecule has 1 aromatic carbocycles. The van der Waals surface area contributed by atoms with Gasteiger partial charge in [0.2, 0.25) is 0 Å². The van der Waals surface area contributed by atoms with Gasteiger partial charge in [0.15, 0.2) is 0 Å². The van der Waals surface area contributed by atoms with Crippen molar-refractivity contribution in [2.24, 2.45) is 0 Å². The van der Waals surface area contributed by atoms with Gasteiger partial charge in [-0.2, -0.15) is 5.10 Å². The van der Waals surface area contributed by atoms with Gasteiger partial charge < -0.3 is 5.11 Å². The highest BCUT2D eigenvalue weighted by Crippen LogP contribution is 2.21. The number of rotatable bonds is 3. The first-order chi connectivity index (χ1) is 8.90. The Kier molecular flexibility index (Phi) is 3.42. The molecule has 0 spiro atoms. The summed E-state index contributed by atoms with van der Waals surface area (Å²) in [5, 5.41) is 13.4. The van der Waals surface area contributed by atoms with Gasteiger partial charge in [0, 0.05) is 11.3 Å². The maximum absolute atomic E-state index is 10.9.